The Hall–Kier alpha value is -1.34. The van der Waals surface area contributed by atoms with Crippen molar-refractivity contribution >= 4 is 73.7 Å². The number of amides is 1. The van der Waals surface area contributed by atoms with Gasteiger partial charge < -0.3 is 10.2 Å². The first kappa shape index (κ1) is 20.4. The van der Waals surface area contributed by atoms with Crippen molar-refractivity contribution in [2.24, 2.45) is 0 Å². The lowest BCUT2D eigenvalue weighted by Gasteiger charge is -2.31. The number of carbonyl (C=O) groups is 1. The molecule has 0 bridgehead atoms. The number of hydrogen-bond acceptors (Lipinski definition) is 3. The second-order valence-electron chi connectivity index (χ2n) is 6.22. The summed E-state index contributed by atoms with van der Waals surface area (Å²) in [6.45, 7) is 1.90. The summed E-state index contributed by atoms with van der Waals surface area (Å²) in [6.07, 6.45) is 3.49. The molecule has 1 aliphatic heterocycles. The van der Waals surface area contributed by atoms with E-state index in [9.17, 15) is 4.79 Å². The van der Waals surface area contributed by atoms with Crippen LogP contribution in [0.25, 0.3) is 0 Å². The van der Waals surface area contributed by atoms with Gasteiger partial charge in [-0.05, 0) is 61.8 Å². The van der Waals surface area contributed by atoms with Crippen LogP contribution < -0.4 is 15.5 Å². The Morgan fingerprint density at radius 3 is 2.56 bits per heavy atom. The number of anilines is 2. The highest BCUT2D eigenvalue weighted by atomic mass is 79.9. The Labute approximate surface area is 182 Å². The number of rotatable bonds is 3. The van der Waals surface area contributed by atoms with Gasteiger partial charge in [-0.1, -0.05) is 45.2 Å². The van der Waals surface area contributed by atoms with Crippen LogP contribution in [0.2, 0.25) is 10.0 Å². The second-order valence-corrected chi connectivity index (χ2v) is 8.35. The summed E-state index contributed by atoms with van der Waals surface area (Å²) in [7, 11) is 0. The Morgan fingerprint density at radius 2 is 1.81 bits per heavy atom. The minimum Gasteiger partial charge on any atom is -0.369 e. The summed E-state index contributed by atoms with van der Waals surface area (Å²) in [5, 5.41) is 6.99. The molecule has 1 fully saturated rings. The maximum Gasteiger partial charge on any atom is 0.258 e. The molecule has 0 radical (unpaired) electrons. The third kappa shape index (κ3) is 5.13. The van der Waals surface area contributed by atoms with Crippen LogP contribution in [0.4, 0.5) is 11.4 Å². The smallest absolute Gasteiger partial charge is 0.258 e. The average Bonchev–Trinajstić information content (AvgIpc) is 2.64. The van der Waals surface area contributed by atoms with Crippen molar-refractivity contribution in [1.82, 2.24) is 5.32 Å². The van der Waals surface area contributed by atoms with Crippen LogP contribution in [0.5, 0.6) is 0 Å². The summed E-state index contributed by atoms with van der Waals surface area (Å²) in [4.78, 5) is 14.7. The molecule has 2 N–H and O–H groups in total. The zero-order chi connectivity index (χ0) is 19.4. The minimum atomic E-state index is -0.375. The Kier molecular flexibility index (Phi) is 6.98. The van der Waals surface area contributed by atoms with Crippen LogP contribution in [0.3, 0.4) is 0 Å². The maximum atomic E-state index is 12.5. The number of piperidine rings is 1. The highest BCUT2D eigenvalue weighted by molar-refractivity contribution is 9.10. The number of thiocarbonyl (C=S) groups is 1. The molecule has 3 rings (SSSR count). The van der Waals surface area contributed by atoms with Crippen molar-refractivity contribution < 1.29 is 4.79 Å². The van der Waals surface area contributed by atoms with Crippen molar-refractivity contribution in [3.63, 3.8) is 0 Å². The largest absolute Gasteiger partial charge is 0.369 e. The summed E-state index contributed by atoms with van der Waals surface area (Å²) in [5.74, 6) is -0.375. The first-order chi connectivity index (χ1) is 13.0. The number of benzene rings is 2. The third-order valence-electron chi connectivity index (χ3n) is 4.31. The zero-order valence-electron chi connectivity index (χ0n) is 14.4. The van der Waals surface area contributed by atoms with E-state index in [1.165, 1.54) is 6.42 Å². The molecule has 1 aliphatic rings. The van der Waals surface area contributed by atoms with Gasteiger partial charge >= 0.3 is 0 Å². The molecule has 0 unspecified atom stereocenters. The molecule has 0 spiro atoms. The predicted molar refractivity (Wildman–Crippen MR) is 120 cm³/mol. The number of nitrogens with zero attached hydrogens (tertiary/aromatic N) is 1. The number of nitrogens with one attached hydrogen (secondary N) is 2. The van der Waals surface area contributed by atoms with E-state index in [4.69, 9.17) is 35.4 Å². The Morgan fingerprint density at radius 1 is 1.07 bits per heavy atom. The van der Waals surface area contributed by atoms with Crippen LogP contribution in [0.15, 0.2) is 40.9 Å². The molecular formula is C19H18BrCl2N3OS. The monoisotopic (exact) mass is 485 g/mol. The van der Waals surface area contributed by atoms with E-state index in [1.807, 2.05) is 18.2 Å². The van der Waals surface area contributed by atoms with Crippen molar-refractivity contribution in [3.8, 4) is 0 Å². The van der Waals surface area contributed by atoms with Gasteiger partial charge in [0.25, 0.3) is 5.91 Å². The maximum absolute atomic E-state index is 12.5. The van der Waals surface area contributed by atoms with Crippen molar-refractivity contribution in [3.05, 3.63) is 56.5 Å². The van der Waals surface area contributed by atoms with Gasteiger partial charge in [-0.15, -0.1) is 0 Å². The van der Waals surface area contributed by atoms with Gasteiger partial charge in [0, 0.05) is 17.6 Å². The van der Waals surface area contributed by atoms with E-state index >= 15 is 0 Å². The van der Waals surface area contributed by atoms with Gasteiger partial charge in [-0.2, -0.15) is 0 Å². The lowest BCUT2D eigenvalue weighted by molar-refractivity contribution is 0.0978. The number of halogens is 3. The van der Waals surface area contributed by atoms with Gasteiger partial charge in [0.05, 0.1) is 27.0 Å². The number of hydrogen-bond donors (Lipinski definition) is 2. The summed E-state index contributed by atoms with van der Waals surface area (Å²) in [5.41, 5.74) is 2.03. The fourth-order valence-electron chi connectivity index (χ4n) is 3.05. The van der Waals surface area contributed by atoms with E-state index in [1.54, 1.807) is 18.2 Å². The second kappa shape index (κ2) is 9.24. The van der Waals surface area contributed by atoms with Crippen molar-refractivity contribution in [2.45, 2.75) is 19.3 Å². The topological polar surface area (TPSA) is 44.4 Å². The molecule has 2 aromatic rings. The molecule has 0 aromatic heterocycles. The lowest BCUT2D eigenvalue weighted by atomic mass is 10.1. The molecule has 1 amide bonds. The Balaban J connectivity index is 1.75. The molecule has 8 heteroatoms. The summed E-state index contributed by atoms with van der Waals surface area (Å²) in [6, 6.07) is 10.7. The third-order valence-corrected chi connectivity index (χ3v) is 5.64. The van der Waals surface area contributed by atoms with Crippen molar-refractivity contribution in [1.29, 1.82) is 0 Å². The molecule has 0 aliphatic carbocycles. The molecular weight excluding hydrogens is 469 g/mol. The normalized spacial score (nSPS) is 14.0. The molecule has 1 heterocycles. The van der Waals surface area contributed by atoms with E-state index in [0.717, 1.165) is 41.8 Å². The van der Waals surface area contributed by atoms with E-state index in [2.05, 4.69) is 31.5 Å². The molecule has 27 heavy (non-hydrogen) atoms. The highest BCUT2D eigenvalue weighted by Crippen LogP contribution is 2.35. The molecule has 0 saturated carbocycles. The van der Waals surface area contributed by atoms with E-state index in [-0.39, 0.29) is 11.0 Å². The molecule has 2 aromatic carbocycles. The minimum absolute atomic E-state index is 0.191. The van der Waals surface area contributed by atoms with E-state index < -0.39 is 0 Å². The van der Waals surface area contributed by atoms with Gasteiger partial charge in [-0.25, -0.2) is 0 Å². The standard InChI is InChI=1S/C19H18BrCl2N3OS/c20-12-7-8-14(21)13(11-12)18(26)24-19(27)23-16-6-4-5-15(22)17(16)25-9-2-1-3-10-25/h4-8,11H,1-3,9-10H2,(H2,23,24,26,27). The lowest BCUT2D eigenvalue weighted by Crippen LogP contribution is -2.35. The first-order valence-corrected chi connectivity index (χ1v) is 10.5. The fraction of sp³-hybridized carbons (Fsp3) is 0.263. The van der Waals surface area contributed by atoms with Crippen LogP contribution in [0, 0.1) is 0 Å². The van der Waals surface area contributed by atoms with Crippen LogP contribution >= 0.6 is 51.3 Å². The fourth-order valence-corrected chi connectivity index (χ4v) is 4.11. The summed E-state index contributed by atoms with van der Waals surface area (Å²) >= 11 is 21.2. The quantitative estimate of drug-likeness (QED) is 0.532. The molecule has 4 nitrogen and oxygen atoms in total. The molecule has 0 atom stereocenters. The van der Waals surface area contributed by atoms with Crippen LogP contribution in [-0.4, -0.2) is 24.1 Å². The highest BCUT2D eigenvalue weighted by Gasteiger charge is 2.19. The zero-order valence-corrected chi connectivity index (χ0v) is 18.3. The number of carbonyl (C=O) groups excluding carboxylic acids is 1. The van der Waals surface area contributed by atoms with Gasteiger partial charge in [0.2, 0.25) is 0 Å². The first-order valence-electron chi connectivity index (χ1n) is 8.56. The van der Waals surface area contributed by atoms with Crippen molar-refractivity contribution in [2.75, 3.05) is 23.3 Å². The molecule has 142 valence electrons. The Bertz CT molecular complexity index is 872. The van der Waals surface area contributed by atoms with Gasteiger partial charge in [0.15, 0.2) is 5.11 Å². The average molecular weight is 487 g/mol. The number of para-hydroxylation sites is 1. The van der Waals surface area contributed by atoms with Crippen LogP contribution in [0.1, 0.15) is 29.6 Å². The molecule has 1 saturated heterocycles. The SMILES string of the molecule is O=C(NC(=S)Nc1cccc(Cl)c1N1CCCCC1)c1cc(Br)ccc1Cl. The van der Waals surface area contributed by atoms with Gasteiger partial charge in [-0.3, -0.25) is 10.1 Å². The van der Waals surface area contributed by atoms with E-state index in [0.29, 0.717) is 15.6 Å². The summed E-state index contributed by atoms with van der Waals surface area (Å²) < 4.78 is 0.762. The predicted octanol–water partition coefficient (Wildman–Crippen LogP) is 5.87. The van der Waals surface area contributed by atoms with Gasteiger partial charge in [0.1, 0.15) is 0 Å². The van der Waals surface area contributed by atoms with Crippen LogP contribution in [-0.2, 0) is 0 Å².